The number of aryl methyl sites for hydroxylation is 1. The summed E-state index contributed by atoms with van der Waals surface area (Å²) >= 11 is 0. The van der Waals surface area contributed by atoms with Gasteiger partial charge < -0.3 is 10.7 Å². The van der Waals surface area contributed by atoms with Gasteiger partial charge in [-0.2, -0.15) is 0 Å². The van der Waals surface area contributed by atoms with E-state index in [1.165, 1.54) is 63.5 Å². The molecule has 1 heterocycles. The zero-order chi connectivity index (χ0) is 13.3. The average molecular weight is 263 g/mol. The van der Waals surface area contributed by atoms with Crippen LogP contribution in [0.25, 0.3) is 0 Å². The van der Waals surface area contributed by atoms with Gasteiger partial charge in [0, 0.05) is 24.7 Å². The van der Waals surface area contributed by atoms with E-state index in [0.29, 0.717) is 6.54 Å². The van der Waals surface area contributed by atoms with Gasteiger partial charge in [-0.25, -0.2) is 4.98 Å². The quantitative estimate of drug-likeness (QED) is 0.704. The Morgan fingerprint density at radius 3 is 2.74 bits per heavy atom. The molecule has 0 atom stereocenters. The summed E-state index contributed by atoms with van der Waals surface area (Å²) in [4.78, 5) is 7.77. The molecule has 1 aromatic heterocycles. The van der Waals surface area contributed by atoms with E-state index in [2.05, 4.69) is 9.97 Å². The number of nitrogens with two attached hydrogens (primary N) is 1. The van der Waals surface area contributed by atoms with Crippen molar-refractivity contribution in [2.45, 2.75) is 70.6 Å². The predicted octanol–water partition coefficient (Wildman–Crippen LogP) is 3.59. The molecule has 1 aliphatic rings. The first-order valence-corrected chi connectivity index (χ1v) is 8.11. The van der Waals surface area contributed by atoms with E-state index in [1.807, 2.05) is 6.20 Å². The SMILES string of the molecule is NCCc1cnc(CCCCCC2CCCCC2)[nH]1. The van der Waals surface area contributed by atoms with E-state index < -0.39 is 0 Å². The van der Waals surface area contributed by atoms with Gasteiger partial charge in [0.25, 0.3) is 0 Å². The van der Waals surface area contributed by atoms with Gasteiger partial charge in [-0.15, -0.1) is 0 Å². The number of aromatic nitrogens is 2. The molecule has 3 N–H and O–H groups in total. The summed E-state index contributed by atoms with van der Waals surface area (Å²) in [6.45, 7) is 0.697. The van der Waals surface area contributed by atoms with Crippen molar-refractivity contribution in [3.05, 3.63) is 17.7 Å². The number of nitrogens with one attached hydrogen (secondary N) is 1. The third kappa shape index (κ3) is 5.35. The molecule has 19 heavy (non-hydrogen) atoms. The fourth-order valence-electron chi connectivity index (χ4n) is 3.19. The van der Waals surface area contributed by atoms with E-state index in [1.54, 1.807) is 0 Å². The Bertz CT molecular complexity index is 340. The predicted molar refractivity (Wildman–Crippen MR) is 80.1 cm³/mol. The number of rotatable bonds is 8. The molecule has 1 fully saturated rings. The largest absolute Gasteiger partial charge is 0.346 e. The van der Waals surface area contributed by atoms with Crippen molar-refractivity contribution in [1.82, 2.24) is 9.97 Å². The maximum absolute atomic E-state index is 5.53. The van der Waals surface area contributed by atoms with Crippen LogP contribution in [0.1, 0.15) is 69.3 Å². The van der Waals surface area contributed by atoms with Gasteiger partial charge in [-0.3, -0.25) is 0 Å². The standard InChI is InChI=1S/C16H29N3/c17-12-11-15-13-18-16(19-15)10-6-2-5-9-14-7-3-1-4-8-14/h13-14H,1-12,17H2,(H,18,19). The highest BCUT2D eigenvalue weighted by molar-refractivity contribution is 5.01. The molecule has 0 saturated heterocycles. The molecule has 0 spiro atoms. The van der Waals surface area contributed by atoms with Crippen LogP contribution in [0.5, 0.6) is 0 Å². The van der Waals surface area contributed by atoms with Crippen LogP contribution in [-0.2, 0) is 12.8 Å². The lowest BCUT2D eigenvalue weighted by Crippen LogP contribution is -2.05. The summed E-state index contributed by atoms with van der Waals surface area (Å²) in [5.74, 6) is 2.18. The summed E-state index contributed by atoms with van der Waals surface area (Å²) in [5.41, 5.74) is 6.71. The van der Waals surface area contributed by atoms with Crippen LogP contribution in [0.4, 0.5) is 0 Å². The lowest BCUT2D eigenvalue weighted by Gasteiger charge is -2.21. The van der Waals surface area contributed by atoms with Crippen LogP contribution in [-0.4, -0.2) is 16.5 Å². The molecular weight excluding hydrogens is 234 g/mol. The highest BCUT2D eigenvalue weighted by Gasteiger charge is 2.12. The van der Waals surface area contributed by atoms with E-state index in [4.69, 9.17) is 5.73 Å². The second kappa shape index (κ2) is 8.36. The smallest absolute Gasteiger partial charge is 0.106 e. The van der Waals surface area contributed by atoms with Crippen LogP contribution in [0.2, 0.25) is 0 Å². The van der Waals surface area contributed by atoms with Gasteiger partial charge in [0.2, 0.25) is 0 Å². The molecule has 1 aliphatic carbocycles. The molecule has 108 valence electrons. The summed E-state index contributed by atoms with van der Waals surface area (Å²) in [6.07, 6.45) is 16.8. The average Bonchev–Trinajstić information content (AvgIpc) is 2.88. The number of imidazole rings is 1. The van der Waals surface area contributed by atoms with Crippen LogP contribution >= 0.6 is 0 Å². The molecule has 1 saturated carbocycles. The molecule has 1 aromatic rings. The summed E-state index contributed by atoms with van der Waals surface area (Å²) in [5, 5.41) is 0. The van der Waals surface area contributed by atoms with Crippen molar-refractivity contribution in [1.29, 1.82) is 0 Å². The summed E-state index contributed by atoms with van der Waals surface area (Å²) in [7, 11) is 0. The molecule has 3 heteroatoms. The Balaban J connectivity index is 1.53. The molecule has 0 radical (unpaired) electrons. The Kier molecular flexibility index (Phi) is 6.42. The lowest BCUT2D eigenvalue weighted by atomic mass is 9.85. The topological polar surface area (TPSA) is 54.7 Å². The van der Waals surface area contributed by atoms with Gasteiger partial charge in [-0.05, 0) is 18.9 Å². The fraction of sp³-hybridized carbons (Fsp3) is 0.812. The third-order valence-corrected chi connectivity index (χ3v) is 4.35. The number of H-pyrrole nitrogens is 1. The molecule has 3 nitrogen and oxygen atoms in total. The Labute approximate surface area is 117 Å². The molecule has 0 unspecified atom stereocenters. The first-order valence-electron chi connectivity index (χ1n) is 8.11. The van der Waals surface area contributed by atoms with Crippen LogP contribution in [0, 0.1) is 5.92 Å². The molecular formula is C16H29N3. The molecule has 0 aromatic carbocycles. The Morgan fingerprint density at radius 2 is 1.95 bits per heavy atom. The molecule has 0 bridgehead atoms. The van der Waals surface area contributed by atoms with Gasteiger partial charge in [-0.1, -0.05) is 51.4 Å². The van der Waals surface area contributed by atoms with Crippen molar-refractivity contribution < 1.29 is 0 Å². The minimum Gasteiger partial charge on any atom is -0.346 e. The molecule has 2 rings (SSSR count). The van der Waals surface area contributed by atoms with E-state index in [9.17, 15) is 0 Å². The second-order valence-corrected chi connectivity index (χ2v) is 6.00. The van der Waals surface area contributed by atoms with Gasteiger partial charge in [0.05, 0.1) is 0 Å². The maximum atomic E-state index is 5.53. The number of nitrogens with zero attached hydrogens (tertiary/aromatic N) is 1. The van der Waals surface area contributed by atoms with Crippen molar-refractivity contribution in [2.24, 2.45) is 11.7 Å². The number of hydrogen-bond acceptors (Lipinski definition) is 2. The Hall–Kier alpha value is -0.830. The molecule has 0 amide bonds. The van der Waals surface area contributed by atoms with E-state index in [0.717, 1.165) is 24.6 Å². The third-order valence-electron chi connectivity index (χ3n) is 4.35. The summed E-state index contributed by atoms with van der Waals surface area (Å²) < 4.78 is 0. The minimum absolute atomic E-state index is 0.697. The minimum atomic E-state index is 0.697. The van der Waals surface area contributed by atoms with Crippen LogP contribution in [0.3, 0.4) is 0 Å². The highest BCUT2D eigenvalue weighted by Crippen LogP contribution is 2.27. The zero-order valence-corrected chi connectivity index (χ0v) is 12.2. The van der Waals surface area contributed by atoms with Gasteiger partial charge >= 0.3 is 0 Å². The van der Waals surface area contributed by atoms with Gasteiger partial charge in [0.15, 0.2) is 0 Å². The number of aromatic amines is 1. The summed E-state index contributed by atoms with van der Waals surface area (Å²) in [6, 6.07) is 0. The van der Waals surface area contributed by atoms with Crippen molar-refractivity contribution in [2.75, 3.05) is 6.54 Å². The van der Waals surface area contributed by atoms with Crippen LogP contribution < -0.4 is 5.73 Å². The normalized spacial score (nSPS) is 16.9. The van der Waals surface area contributed by atoms with Gasteiger partial charge in [0.1, 0.15) is 5.82 Å². The van der Waals surface area contributed by atoms with Crippen LogP contribution in [0.15, 0.2) is 6.20 Å². The first kappa shape index (κ1) is 14.6. The zero-order valence-electron chi connectivity index (χ0n) is 12.2. The lowest BCUT2D eigenvalue weighted by molar-refractivity contribution is 0.328. The van der Waals surface area contributed by atoms with E-state index >= 15 is 0 Å². The van der Waals surface area contributed by atoms with Crippen molar-refractivity contribution in [3.8, 4) is 0 Å². The fourth-order valence-corrected chi connectivity index (χ4v) is 3.19. The monoisotopic (exact) mass is 263 g/mol. The van der Waals surface area contributed by atoms with Crippen molar-refractivity contribution in [3.63, 3.8) is 0 Å². The Morgan fingerprint density at radius 1 is 1.11 bits per heavy atom. The maximum Gasteiger partial charge on any atom is 0.106 e. The van der Waals surface area contributed by atoms with E-state index in [-0.39, 0.29) is 0 Å². The second-order valence-electron chi connectivity index (χ2n) is 6.00. The number of unbranched alkanes of at least 4 members (excludes halogenated alkanes) is 2. The molecule has 0 aliphatic heterocycles. The first-order chi connectivity index (χ1) is 9.38. The highest BCUT2D eigenvalue weighted by atomic mass is 14.9. The number of hydrogen-bond donors (Lipinski definition) is 2. The van der Waals surface area contributed by atoms with Crippen molar-refractivity contribution >= 4 is 0 Å².